The number of fused-ring (bicyclic) bond motifs is 7. The Hall–Kier alpha value is 0.350. The molecule has 3 aliphatic rings. The molecule has 0 aromatic carbocycles. The van der Waals surface area contributed by atoms with Gasteiger partial charge in [-0.25, -0.2) is 0 Å². The first-order valence-corrected chi connectivity index (χ1v) is 7.26. The Morgan fingerprint density at radius 1 is 1.07 bits per heavy atom. The van der Waals surface area contributed by atoms with Crippen molar-refractivity contribution in [1.82, 2.24) is 0 Å². The minimum Gasteiger partial charge on any atom is -0.173 e. The van der Waals surface area contributed by atoms with E-state index in [2.05, 4.69) is 13.8 Å². The summed E-state index contributed by atoms with van der Waals surface area (Å²) in [5.41, 5.74) is 0. The van der Waals surface area contributed by atoms with Crippen molar-refractivity contribution in [2.45, 2.75) is 70.0 Å². The molecule has 4 atom stereocenters. The summed E-state index contributed by atoms with van der Waals surface area (Å²) < 4.78 is 0.316. The summed E-state index contributed by atoms with van der Waals surface area (Å²) in [6.07, 6.45) is 11.5. The molecule has 0 amide bonds. The SMILES string of the molecule is C[C@H]1CC2CCC1CCCCCC2(C)S. The molecule has 0 N–H and O–H groups in total. The van der Waals surface area contributed by atoms with Gasteiger partial charge in [-0.3, -0.25) is 0 Å². The molecule has 3 unspecified atom stereocenters. The summed E-state index contributed by atoms with van der Waals surface area (Å²) >= 11 is 4.96. The lowest BCUT2D eigenvalue weighted by atomic mass is 9.67. The van der Waals surface area contributed by atoms with Gasteiger partial charge in [0.1, 0.15) is 0 Å². The van der Waals surface area contributed by atoms with E-state index in [9.17, 15) is 0 Å². The van der Waals surface area contributed by atoms with Gasteiger partial charge in [0.25, 0.3) is 0 Å². The first kappa shape index (κ1) is 11.8. The molecule has 0 nitrogen and oxygen atoms in total. The van der Waals surface area contributed by atoms with Crippen molar-refractivity contribution in [2.24, 2.45) is 17.8 Å². The summed E-state index contributed by atoms with van der Waals surface area (Å²) in [6, 6.07) is 0. The van der Waals surface area contributed by atoms with Crippen LogP contribution in [0.2, 0.25) is 0 Å². The van der Waals surface area contributed by atoms with Gasteiger partial charge in [-0.1, -0.05) is 39.5 Å². The molecule has 0 saturated heterocycles. The van der Waals surface area contributed by atoms with Crippen molar-refractivity contribution < 1.29 is 0 Å². The predicted molar refractivity (Wildman–Crippen MR) is 70.5 cm³/mol. The van der Waals surface area contributed by atoms with Crippen molar-refractivity contribution in [2.75, 3.05) is 0 Å². The minimum atomic E-state index is 0.316. The molecule has 0 heterocycles. The van der Waals surface area contributed by atoms with Crippen molar-refractivity contribution in [3.63, 3.8) is 0 Å². The lowest BCUT2D eigenvalue weighted by Crippen LogP contribution is -2.36. The van der Waals surface area contributed by atoms with Crippen molar-refractivity contribution in [3.05, 3.63) is 0 Å². The van der Waals surface area contributed by atoms with Crippen LogP contribution in [0.3, 0.4) is 0 Å². The number of thiol groups is 1. The zero-order chi connectivity index (χ0) is 10.9. The molecule has 0 radical (unpaired) electrons. The van der Waals surface area contributed by atoms with Crippen LogP contribution in [-0.4, -0.2) is 4.75 Å². The lowest BCUT2D eigenvalue weighted by Gasteiger charge is -2.43. The number of rotatable bonds is 0. The van der Waals surface area contributed by atoms with Crippen LogP contribution < -0.4 is 0 Å². The van der Waals surface area contributed by atoms with E-state index in [0.717, 1.165) is 17.8 Å². The van der Waals surface area contributed by atoms with Crippen molar-refractivity contribution in [3.8, 4) is 0 Å². The molecule has 2 bridgehead atoms. The normalized spacial score (nSPS) is 47.8. The Morgan fingerprint density at radius 2 is 1.87 bits per heavy atom. The first-order chi connectivity index (χ1) is 7.09. The second-order valence-electron chi connectivity index (χ2n) is 6.20. The molecule has 3 aliphatic carbocycles. The molecule has 3 saturated carbocycles. The van der Waals surface area contributed by atoms with Gasteiger partial charge >= 0.3 is 0 Å². The van der Waals surface area contributed by atoms with Crippen LogP contribution in [0.4, 0.5) is 0 Å². The van der Waals surface area contributed by atoms with Crippen LogP contribution in [0.5, 0.6) is 0 Å². The third-order valence-electron chi connectivity index (χ3n) is 4.98. The van der Waals surface area contributed by atoms with Crippen LogP contribution in [0, 0.1) is 17.8 Å². The molecule has 3 rings (SSSR count). The lowest BCUT2D eigenvalue weighted by molar-refractivity contribution is 0.145. The average molecular weight is 226 g/mol. The van der Waals surface area contributed by atoms with Crippen LogP contribution >= 0.6 is 12.6 Å². The predicted octanol–water partition coefficient (Wildman–Crippen LogP) is 4.69. The summed E-state index contributed by atoms with van der Waals surface area (Å²) in [5.74, 6) is 2.86. The van der Waals surface area contributed by atoms with Crippen molar-refractivity contribution >= 4 is 12.6 Å². The minimum absolute atomic E-state index is 0.316. The highest BCUT2D eigenvalue weighted by Crippen LogP contribution is 2.46. The average Bonchev–Trinajstić information content (AvgIpc) is 2.19. The van der Waals surface area contributed by atoms with Gasteiger partial charge in [0.05, 0.1) is 0 Å². The molecule has 15 heavy (non-hydrogen) atoms. The van der Waals surface area contributed by atoms with Crippen LogP contribution in [-0.2, 0) is 0 Å². The standard InChI is InChI=1S/C14H26S/c1-11-10-13-8-7-12(11)6-4-3-5-9-14(13,2)15/h11-13,15H,3-10H2,1-2H3/t11-,12?,13?,14?/m0/s1. The Balaban J connectivity index is 2.08. The second-order valence-corrected chi connectivity index (χ2v) is 7.23. The zero-order valence-corrected chi connectivity index (χ0v) is 11.2. The molecule has 88 valence electrons. The molecular weight excluding hydrogens is 200 g/mol. The van der Waals surface area contributed by atoms with Crippen molar-refractivity contribution in [1.29, 1.82) is 0 Å². The van der Waals surface area contributed by atoms with E-state index in [1.54, 1.807) is 0 Å². The fourth-order valence-corrected chi connectivity index (χ4v) is 4.12. The summed E-state index contributed by atoms with van der Waals surface area (Å²) in [4.78, 5) is 0. The maximum atomic E-state index is 4.96. The van der Waals surface area contributed by atoms with Gasteiger partial charge in [0, 0.05) is 4.75 Å². The highest BCUT2D eigenvalue weighted by atomic mass is 32.1. The first-order valence-electron chi connectivity index (χ1n) is 6.82. The van der Waals surface area contributed by atoms with E-state index >= 15 is 0 Å². The van der Waals surface area contributed by atoms with E-state index in [0.29, 0.717) is 4.75 Å². The zero-order valence-electron chi connectivity index (χ0n) is 10.3. The Morgan fingerprint density at radius 3 is 2.60 bits per heavy atom. The third kappa shape index (κ3) is 2.72. The molecule has 3 fully saturated rings. The van der Waals surface area contributed by atoms with Gasteiger partial charge in [-0.15, -0.1) is 0 Å². The highest BCUT2D eigenvalue weighted by Gasteiger charge is 2.37. The van der Waals surface area contributed by atoms with Crippen LogP contribution in [0.15, 0.2) is 0 Å². The van der Waals surface area contributed by atoms with Gasteiger partial charge < -0.3 is 0 Å². The maximum Gasteiger partial charge on any atom is 0.0130 e. The maximum absolute atomic E-state index is 4.96. The van der Waals surface area contributed by atoms with E-state index in [-0.39, 0.29) is 0 Å². The monoisotopic (exact) mass is 226 g/mol. The highest BCUT2D eigenvalue weighted by molar-refractivity contribution is 7.81. The Labute approximate surface area is 101 Å². The summed E-state index contributed by atoms with van der Waals surface area (Å²) in [5, 5.41) is 0. The van der Waals surface area contributed by atoms with Gasteiger partial charge in [-0.05, 0) is 43.4 Å². The fourth-order valence-electron chi connectivity index (χ4n) is 3.72. The molecule has 1 heteroatoms. The molecular formula is C14H26S. The second kappa shape index (κ2) is 4.69. The van der Waals surface area contributed by atoms with E-state index < -0.39 is 0 Å². The van der Waals surface area contributed by atoms with Gasteiger partial charge in [0.2, 0.25) is 0 Å². The van der Waals surface area contributed by atoms with E-state index in [1.165, 1.54) is 51.4 Å². The molecule has 0 aromatic rings. The Bertz CT molecular complexity index is 209. The largest absolute Gasteiger partial charge is 0.173 e. The van der Waals surface area contributed by atoms with Crippen LogP contribution in [0.1, 0.15) is 65.2 Å². The van der Waals surface area contributed by atoms with Crippen LogP contribution in [0.25, 0.3) is 0 Å². The van der Waals surface area contributed by atoms with E-state index in [4.69, 9.17) is 12.6 Å². The molecule has 0 spiro atoms. The third-order valence-corrected chi connectivity index (χ3v) is 5.57. The topological polar surface area (TPSA) is 0 Å². The van der Waals surface area contributed by atoms with Gasteiger partial charge in [0.15, 0.2) is 0 Å². The quantitative estimate of drug-likeness (QED) is 0.569. The molecule has 0 aromatic heterocycles. The molecule has 0 aliphatic heterocycles. The smallest absolute Gasteiger partial charge is 0.0130 e. The Kier molecular flexibility index (Phi) is 3.70. The van der Waals surface area contributed by atoms with Gasteiger partial charge in [-0.2, -0.15) is 12.6 Å². The summed E-state index contributed by atoms with van der Waals surface area (Å²) in [6.45, 7) is 4.86. The number of hydrogen-bond donors (Lipinski definition) is 1. The summed E-state index contributed by atoms with van der Waals surface area (Å²) in [7, 11) is 0. The van der Waals surface area contributed by atoms with E-state index in [1.807, 2.05) is 0 Å². The number of hydrogen-bond acceptors (Lipinski definition) is 1. The fraction of sp³-hybridized carbons (Fsp3) is 1.00.